The molecular weight excluding hydrogens is 530 g/mol. The van der Waals surface area contributed by atoms with Gasteiger partial charge in [0, 0.05) is 49.0 Å². The van der Waals surface area contributed by atoms with Crippen LogP contribution in [-0.2, 0) is 4.79 Å². The van der Waals surface area contributed by atoms with Gasteiger partial charge in [0.05, 0.1) is 5.69 Å². The number of piperidine rings is 1. The van der Waals surface area contributed by atoms with E-state index in [-0.39, 0.29) is 30.3 Å². The molecule has 0 spiro atoms. The number of urea groups is 1. The number of benzene rings is 3. The molecule has 3 amide bonds. The first-order valence-corrected chi connectivity index (χ1v) is 15.2. The first-order valence-electron chi connectivity index (χ1n) is 14.3. The van der Waals surface area contributed by atoms with Crippen LogP contribution in [0.25, 0.3) is 11.3 Å². The SMILES string of the molecule is O=C(CCN(CCC(c1ccccc1)c1ccccc1)C(=O)Nc1nc(-c2ccccc2)cs1)N[C@H]1CCCNC1. The molecule has 1 aliphatic rings. The fourth-order valence-electron chi connectivity index (χ4n) is 5.25. The molecule has 1 atom stereocenters. The molecule has 41 heavy (non-hydrogen) atoms. The number of rotatable bonds is 11. The van der Waals surface area contributed by atoms with Crippen LogP contribution in [0.15, 0.2) is 96.4 Å². The molecule has 0 saturated carbocycles. The average Bonchev–Trinajstić information content (AvgIpc) is 3.49. The van der Waals surface area contributed by atoms with Crippen LogP contribution in [0.3, 0.4) is 0 Å². The van der Waals surface area contributed by atoms with Gasteiger partial charge in [0.25, 0.3) is 0 Å². The summed E-state index contributed by atoms with van der Waals surface area (Å²) < 4.78 is 0. The lowest BCUT2D eigenvalue weighted by molar-refractivity contribution is -0.122. The molecule has 0 unspecified atom stereocenters. The Balaban J connectivity index is 1.29. The molecule has 0 aliphatic carbocycles. The summed E-state index contributed by atoms with van der Waals surface area (Å²) in [7, 11) is 0. The molecule has 1 aliphatic heterocycles. The Kier molecular flexibility index (Phi) is 10.1. The Morgan fingerprint density at radius 3 is 2.22 bits per heavy atom. The van der Waals surface area contributed by atoms with Gasteiger partial charge in [-0.15, -0.1) is 11.3 Å². The van der Waals surface area contributed by atoms with Crippen molar-refractivity contribution < 1.29 is 9.59 Å². The van der Waals surface area contributed by atoms with Crippen LogP contribution in [0, 0.1) is 0 Å². The van der Waals surface area contributed by atoms with Gasteiger partial charge in [-0.3, -0.25) is 10.1 Å². The molecule has 0 radical (unpaired) electrons. The van der Waals surface area contributed by atoms with E-state index in [4.69, 9.17) is 0 Å². The van der Waals surface area contributed by atoms with Crippen molar-refractivity contribution >= 4 is 28.4 Å². The zero-order valence-corrected chi connectivity index (χ0v) is 24.0. The van der Waals surface area contributed by atoms with Crippen LogP contribution >= 0.6 is 11.3 Å². The van der Waals surface area contributed by atoms with E-state index in [1.807, 2.05) is 72.1 Å². The lowest BCUT2D eigenvalue weighted by Gasteiger charge is -2.27. The van der Waals surface area contributed by atoms with Crippen LogP contribution < -0.4 is 16.0 Å². The van der Waals surface area contributed by atoms with E-state index in [9.17, 15) is 9.59 Å². The fraction of sp³-hybridized carbons (Fsp3) is 0.303. The van der Waals surface area contributed by atoms with Crippen molar-refractivity contribution in [3.8, 4) is 11.3 Å². The molecule has 212 valence electrons. The molecule has 2 heterocycles. The zero-order valence-electron chi connectivity index (χ0n) is 23.2. The number of hydrogen-bond acceptors (Lipinski definition) is 5. The van der Waals surface area contributed by atoms with Crippen molar-refractivity contribution in [3.05, 3.63) is 108 Å². The molecule has 1 saturated heterocycles. The summed E-state index contributed by atoms with van der Waals surface area (Å²) in [5, 5.41) is 11.9. The first kappa shape index (κ1) is 28.5. The number of amides is 3. The Morgan fingerprint density at radius 2 is 1.59 bits per heavy atom. The lowest BCUT2D eigenvalue weighted by atomic mass is 9.88. The summed E-state index contributed by atoms with van der Waals surface area (Å²) >= 11 is 1.40. The second-order valence-electron chi connectivity index (χ2n) is 10.3. The lowest BCUT2D eigenvalue weighted by Crippen LogP contribution is -2.46. The highest BCUT2D eigenvalue weighted by atomic mass is 32.1. The van der Waals surface area contributed by atoms with Crippen molar-refractivity contribution in [2.45, 2.75) is 37.6 Å². The second kappa shape index (κ2) is 14.6. The average molecular weight is 568 g/mol. The van der Waals surface area contributed by atoms with Crippen LogP contribution in [0.1, 0.15) is 42.7 Å². The van der Waals surface area contributed by atoms with Crippen LogP contribution in [0.5, 0.6) is 0 Å². The monoisotopic (exact) mass is 567 g/mol. The van der Waals surface area contributed by atoms with E-state index in [2.05, 4.69) is 45.2 Å². The van der Waals surface area contributed by atoms with E-state index in [1.165, 1.54) is 22.5 Å². The summed E-state index contributed by atoms with van der Waals surface area (Å²) in [4.78, 5) is 32.8. The standard InChI is InChI=1S/C33H37N5O2S/c39-31(35-28-17-10-20-34-23-28)19-22-38(33(40)37-32-36-30(24-41-32)27-15-8-3-9-16-27)21-18-29(25-11-4-1-5-12-25)26-13-6-2-7-14-26/h1-9,11-16,24,28-29,34H,10,17-23H2,(H,35,39)(H,36,37,40)/t28-/m0/s1. The smallest absolute Gasteiger partial charge is 0.323 e. The maximum atomic E-state index is 13.6. The normalized spacial score (nSPS) is 14.9. The Labute approximate surface area is 246 Å². The number of anilines is 1. The fourth-order valence-corrected chi connectivity index (χ4v) is 5.96. The third kappa shape index (κ3) is 8.25. The third-order valence-electron chi connectivity index (χ3n) is 7.44. The van der Waals surface area contributed by atoms with Crippen LogP contribution in [-0.4, -0.2) is 54.0 Å². The summed E-state index contributed by atoms with van der Waals surface area (Å²) in [5.41, 5.74) is 4.23. The largest absolute Gasteiger partial charge is 0.352 e. The van der Waals surface area contributed by atoms with E-state index in [0.29, 0.717) is 18.2 Å². The minimum atomic E-state index is -0.244. The number of thiazole rings is 1. The Bertz CT molecular complexity index is 1340. The maximum absolute atomic E-state index is 13.6. The van der Waals surface area contributed by atoms with Crippen molar-refractivity contribution in [1.82, 2.24) is 20.5 Å². The van der Waals surface area contributed by atoms with Gasteiger partial charge in [-0.2, -0.15) is 0 Å². The van der Waals surface area contributed by atoms with Crippen LogP contribution in [0.4, 0.5) is 9.93 Å². The number of carbonyl (C=O) groups is 2. The molecule has 7 nitrogen and oxygen atoms in total. The van der Waals surface area contributed by atoms with Gasteiger partial charge >= 0.3 is 6.03 Å². The van der Waals surface area contributed by atoms with E-state index in [0.717, 1.165) is 43.6 Å². The van der Waals surface area contributed by atoms with Crippen molar-refractivity contribution in [2.75, 3.05) is 31.5 Å². The van der Waals surface area contributed by atoms with Gasteiger partial charge in [0.1, 0.15) is 0 Å². The molecule has 0 bridgehead atoms. The number of carbonyl (C=O) groups excluding carboxylic acids is 2. The van der Waals surface area contributed by atoms with Crippen molar-refractivity contribution in [3.63, 3.8) is 0 Å². The molecule has 1 aromatic heterocycles. The predicted molar refractivity (Wildman–Crippen MR) is 166 cm³/mol. The van der Waals surface area contributed by atoms with E-state index in [1.54, 1.807) is 4.90 Å². The van der Waals surface area contributed by atoms with Gasteiger partial charge < -0.3 is 15.5 Å². The van der Waals surface area contributed by atoms with Gasteiger partial charge in [-0.1, -0.05) is 91.0 Å². The zero-order chi connectivity index (χ0) is 28.3. The van der Waals surface area contributed by atoms with Crippen molar-refractivity contribution in [1.29, 1.82) is 0 Å². The number of nitrogens with one attached hydrogen (secondary N) is 3. The molecule has 3 aromatic carbocycles. The first-order chi connectivity index (χ1) is 20.2. The number of hydrogen-bond donors (Lipinski definition) is 3. The second-order valence-corrected chi connectivity index (χ2v) is 11.2. The Morgan fingerprint density at radius 1 is 0.927 bits per heavy atom. The van der Waals surface area contributed by atoms with Crippen LogP contribution in [0.2, 0.25) is 0 Å². The third-order valence-corrected chi connectivity index (χ3v) is 8.19. The maximum Gasteiger partial charge on any atom is 0.323 e. The van der Waals surface area contributed by atoms with Gasteiger partial charge in [-0.25, -0.2) is 9.78 Å². The summed E-state index contributed by atoms with van der Waals surface area (Å²) in [5.74, 6) is 0.0965. The van der Waals surface area contributed by atoms with E-state index >= 15 is 0 Å². The predicted octanol–water partition coefficient (Wildman–Crippen LogP) is 6.12. The molecule has 4 aromatic rings. The van der Waals surface area contributed by atoms with E-state index < -0.39 is 0 Å². The molecule has 1 fully saturated rings. The Hall–Kier alpha value is -4.01. The number of nitrogens with zero attached hydrogens (tertiary/aromatic N) is 2. The van der Waals surface area contributed by atoms with Gasteiger partial charge in [0.2, 0.25) is 5.91 Å². The molecular formula is C33H37N5O2S. The molecule has 3 N–H and O–H groups in total. The minimum absolute atomic E-state index is 0.0280. The highest BCUT2D eigenvalue weighted by Gasteiger charge is 2.22. The highest BCUT2D eigenvalue weighted by molar-refractivity contribution is 7.14. The highest BCUT2D eigenvalue weighted by Crippen LogP contribution is 2.29. The topological polar surface area (TPSA) is 86.4 Å². The quantitative estimate of drug-likeness (QED) is 0.204. The van der Waals surface area contributed by atoms with Gasteiger partial charge in [-0.05, 0) is 36.9 Å². The summed E-state index contributed by atoms with van der Waals surface area (Å²) in [6.07, 6.45) is 3.01. The van der Waals surface area contributed by atoms with Gasteiger partial charge in [0.15, 0.2) is 5.13 Å². The molecule has 5 rings (SSSR count). The van der Waals surface area contributed by atoms with Crippen molar-refractivity contribution in [2.24, 2.45) is 0 Å². The number of aromatic nitrogens is 1. The minimum Gasteiger partial charge on any atom is -0.352 e. The molecule has 8 heteroatoms. The summed E-state index contributed by atoms with van der Waals surface area (Å²) in [6.45, 7) is 2.60. The summed E-state index contributed by atoms with van der Waals surface area (Å²) in [6, 6.07) is 30.6.